The Bertz CT molecular complexity index is 567. The van der Waals surface area contributed by atoms with E-state index in [1.807, 2.05) is 0 Å². The zero-order chi connectivity index (χ0) is 16.1. The molecule has 23 heavy (non-hydrogen) atoms. The van der Waals surface area contributed by atoms with Gasteiger partial charge in [-0.25, -0.2) is 4.39 Å². The number of amides is 1. The molecule has 0 radical (unpaired) electrons. The van der Waals surface area contributed by atoms with Crippen molar-refractivity contribution in [2.24, 2.45) is 0 Å². The summed E-state index contributed by atoms with van der Waals surface area (Å²) in [7, 11) is 1.69. The van der Waals surface area contributed by atoms with Gasteiger partial charge in [0.15, 0.2) is 0 Å². The van der Waals surface area contributed by atoms with Gasteiger partial charge in [0.1, 0.15) is 5.82 Å². The van der Waals surface area contributed by atoms with E-state index >= 15 is 0 Å². The number of rotatable bonds is 5. The van der Waals surface area contributed by atoms with Gasteiger partial charge in [-0.1, -0.05) is 0 Å². The molecule has 128 valence electrons. The number of halogens is 2. The van der Waals surface area contributed by atoms with E-state index in [4.69, 9.17) is 0 Å². The van der Waals surface area contributed by atoms with Crippen LogP contribution < -0.4 is 5.32 Å². The average Bonchev–Trinajstić information content (AvgIpc) is 2.47. The fraction of sp³-hybridized carbons (Fsp3) is 0.500. The molecule has 1 aliphatic heterocycles. The van der Waals surface area contributed by atoms with E-state index in [1.54, 1.807) is 16.8 Å². The molecule has 7 nitrogen and oxygen atoms in total. The largest absolute Gasteiger partial charge is 0.339 e. The highest BCUT2D eigenvalue weighted by Crippen LogP contribution is 2.20. The minimum atomic E-state index is -0.541. The monoisotopic (exact) mass is 346 g/mol. The summed E-state index contributed by atoms with van der Waals surface area (Å²) < 4.78 is 13.3. The molecule has 9 heteroatoms. The highest BCUT2D eigenvalue weighted by molar-refractivity contribution is 5.85. The first kappa shape index (κ1) is 19.3. The third-order valence-corrected chi connectivity index (χ3v) is 3.55. The van der Waals surface area contributed by atoms with Crippen LogP contribution in [0.2, 0.25) is 0 Å². The van der Waals surface area contributed by atoms with Gasteiger partial charge in [-0.15, -0.1) is 12.4 Å². The number of nitro benzene ring substituents is 1. The SMILES string of the molecule is CN(CC(=O)N1CCNCC1)Cc1cc(F)ccc1[N+](=O)[O-].Cl. The van der Waals surface area contributed by atoms with Crippen LogP contribution >= 0.6 is 12.4 Å². The summed E-state index contributed by atoms with van der Waals surface area (Å²) in [5.74, 6) is -0.550. The normalized spacial score (nSPS) is 14.5. The fourth-order valence-electron chi connectivity index (χ4n) is 2.45. The molecular weight excluding hydrogens is 327 g/mol. The molecule has 1 saturated heterocycles. The molecule has 0 aliphatic carbocycles. The molecule has 0 atom stereocenters. The zero-order valence-corrected chi connectivity index (χ0v) is 13.6. The van der Waals surface area contributed by atoms with Gasteiger partial charge in [0.2, 0.25) is 5.91 Å². The Morgan fingerprint density at radius 2 is 2.09 bits per heavy atom. The molecule has 1 fully saturated rings. The van der Waals surface area contributed by atoms with Crippen molar-refractivity contribution in [1.29, 1.82) is 0 Å². The van der Waals surface area contributed by atoms with Crippen LogP contribution in [0.3, 0.4) is 0 Å². The number of nitro groups is 1. The molecule has 0 saturated carbocycles. The Morgan fingerprint density at radius 1 is 1.43 bits per heavy atom. The molecule has 0 spiro atoms. The van der Waals surface area contributed by atoms with Crippen LogP contribution in [0.5, 0.6) is 0 Å². The molecule has 1 amide bonds. The lowest BCUT2D eigenvalue weighted by atomic mass is 10.1. The maximum Gasteiger partial charge on any atom is 0.274 e. The van der Waals surface area contributed by atoms with Crippen LogP contribution in [0, 0.1) is 15.9 Å². The summed E-state index contributed by atoms with van der Waals surface area (Å²) in [6.07, 6.45) is 0. The van der Waals surface area contributed by atoms with Gasteiger partial charge in [0.25, 0.3) is 5.69 Å². The summed E-state index contributed by atoms with van der Waals surface area (Å²) >= 11 is 0. The van der Waals surface area contributed by atoms with Crippen LogP contribution in [0.15, 0.2) is 18.2 Å². The molecule has 1 heterocycles. The van der Waals surface area contributed by atoms with Crippen molar-refractivity contribution in [3.8, 4) is 0 Å². The predicted octanol–water partition coefficient (Wildman–Crippen LogP) is 1.02. The van der Waals surface area contributed by atoms with E-state index in [-0.39, 0.29) is 42.7 Å². The van der Waals surface area contributed by atoms with Crippen LogP contribution in [0.1, 0.15) is 5.56 Å². The molecule has 0 bridgehead atoms. The molecule has 1 aromatic carbocycles. The Balaban J connectivity index is 0.00000264. The third-order valence-electron chi connectivity index (χ3n) is 3.55. The molecule has 0 aromatic heterocycles. The van der Waals surface area contributed by atoms with Crippen molar-refractivity contribution < 1.29 is 14.1 Å². The van der Waals surface area contributed by atoms with E-state index < -0.39 is 10.7 Å². The van der Waals surface area contributed by atoms with Crippen molar-refractivity contribution in [1.82, 2.24) is 15.1 Å². The first-order chi connectivity index (χ1) is 10.5. The Hall–Kier alpha value is -1.77. The van der Waals surface area contributed by atoms with Gasteiger partial charge in [-0.05, 0) is 19.2 Å². The molecular formula is C14H20ClFN4O3. The fourth-order valence-corrected chi connectivity index (χ4v) is 2.45. The Morgan fingerprint density at radius 3 is 2.70 bits per heavy atom. The number of nitrogens with one attached hydrogen (secondary N) is 1. The first-order valence-corrected chi connectivity index (χ1v) is 7.07. The number of benzene rings is 1. The van der Waals surface area contributed by atoms with Crippen LogP contribution in [-0.4, -0.2) is 60.4 Å². The Kier molecular flexibility index (Phi) is 7.34. The summed E-state index contributed by atoms with van der Waals surface area (Å²) in [5, 5.41) is 14.1. The second-order valence-electron chi connectivity index (χ2n) is 5.33. The van der Waals surface area contributed by atoms with Crippen molar-refractivity contribution in [3.63, 3.8) is 0 Å². The van der Waals surface area contributed by atoms with Gasteiger partial charge >= 0.3 is 0 Å². The van der Waals surface area contributed by atoms with Crippen molar-refractivity contribution in [2.75, 3.05) is 39.8 Å². The summed E-state index contributed by atoms with van der Waals surface area (Å²) in [4.78, 5) is 26.0. The van der Waals surface area contributed by atoms with Crippen LogP contribution in [0.4, 0.5) is 10.1 Å². The number of carbonyl (C=O) groups is 1. The minimum Gasteiger partial charge on any atom is -0.339 e. The number of hydrogen-bond acceptors (Lipinski definition) is 5. The van der Waals surface area contributed by atoms with E-state index in [1.165, 1.54) is 0 Å². The molecule has 2 rings (SSSR count). The van der Waals surface area contributed by atoms with E-state index in [2.05, 4.69) is 5.32 Å². The van der Waals surface area contributed by atoms with E-state index in [0.717, 1.165) is 31.3 Å². The highest BCUT2D eigenvalue weighted by Gasteiger charge is 2.20. The van der Waals surface area contributed by atoms with E-state index in [0.29, 0.717) is 13.1 Å². The number of nitrogens with zero attached hydrogens (tertiary/aromatic N) is 3. The zero-order valence-electron chi connectivity index (χ0n) is 12.8. The number of hydrogen-bond donors (Lipinski definition) is 1. The third kappa shape index (κ3) is 5.42. The summed E-state index contributed by atoms with van der Waals surface area (Å²) in [5.41, 5.74) is 0.128. The van der Waals surface area contributed by atoms with E-state index in [9.17, 15) is 19.3 Å². The topological polar surface area (TPSA) is 78.7 Å². The Labute approximate surface area is 140 Å². The number of piperazine rings is 1. The second kappa shape index (κ2) is 8.76. The van der Waals surface area contributed by atoms with Gasteiger partial charge in [-0.3, -0.25) is 19.8 Å². The summed E-state index contributed by atoms with van der Waals surface area (Å²) in [6.45, 7) is 3.15. The lowest BCUT2D eigenvalue weighted by Gasteiger charge is -2.29. The minimum absolute atomic E-state index is 0. The maximum atomic E-state index is 13.3. The quantitative estimate of drug-likeness (QED) is 0.636. The van der Waals surface area contributed by atoms with Crippen molar-refractivity contribution in [3.05, 3.63) is 39.7 Å². The summed E-state index contributed by atoms with van der Waals surface area (Å²) in [6, 6.07) is 3.36. The van der Waals surface area contributed by atoms with Crippen LogP contribution in [0.25, 0.3) is 0 Å². The molecule has 1 aliphatic rings. The molecule has 0 unspecified atom stereocenters. The van der Waals surface area contributed by atoms with Gasteiger partial charge in [0.05, 0.1) is 11.5 Å². The lowest BCUT2D eigenvalue weighted by Crippen LogP contribution is -2.49. The van der Waals surface area contributed by atoms with Gasteiger partial charge < -0.3 is 10.2 Å². The first-order valence-electron chi connectivity index (χ1n) is 7.07. The average molecular weight is 347 g/mol. The number of likely N-dealkylation sites (N-methyl/N-ethyl adjacent to an activating group) is 1. The van der Waals surface area contributed by atoms with Crippen molar-refractivity contribution >= 4 is 24.0 Å². The second-order valence-corrected chi connectivity index (χ2v) is 5.33. The lowest BCUT2D eigenvalue weighted by molar-refractivity contribution is -0.385. The smallest absolute Gasteiger partial charge is 0.274 e. The van der Waals surface area contributed by atoms with Gasteiger partial charge in [-0.2, -0.15) is 0 Å². The molecule has 1 N–H and O–H groups in total. The van der Waals surface area contributed by atoms with Crippen molar-refractivity contribution in [2.45, 2.75) is 6.54 Å². The van der Waals surface area contributed by atoms with Crippen LogP contribution in [-0.2, 0) is 11.3 Å². The predicted molar refractivity (Wildman–Crippen MR) is 86.1 cm³/mol. The van der Waals surface area contributed by atoms with Gasteiger partial charge in [0, 0.05) is 44.4 Å². The maximum absolute atomic E-state index is 13.3. The number of carbonyl (C=O) groups excluding carboxylic acids is 1. The highest BCUT2D eigenvalue weighted by atomic mass is 35.5. The standard InChI is InChI=1S/C14H19FN4O3.ClH/c1-17(10-14(20)18-6-4-16-5-7-18)9-11-8-12(15)2-3-13(11)19(21)22;/h2-3,8,16H,4-7,9-10H2,1H3;1H. The molecule has 1 aromatic rings.